The molecule has 0 aliphatic carbocycles. The Labute approximate surface area is 220 Å². The third-order valence-electron chi connectivity index (χ3n) is 6.54. The number of carbonyl (C=O) groups excluding carboxylic acids is 1. The molecule has 1 amide bonds. The molecule has 1 aliphatic rings. The molecule has 8 nitrogen and oxygen atoms in total. The number of benzene rings is 2. The molecule has 0 spiro atoms. The standard InChI is InChI=1S/C28H35N5O3S/c1-18(2)14-22-17-29-12-7-13-33(22)27(35)21-10-6-11-23(15-21)37(36)32-28-30-24(16-25(34)31-28)26-19(3)8-5-9-20(26)4/h5-6,8-11,15-16,18,22,29H,7,12-14,17H2,1-4H3,(H2,30,31,32,34). The molecule has 196 valence electrons. The molecular formula is C28H35N5O3S. The molecule has 2 atom stereocenters. The van der Waals surface area contributed by atoms with Gasteiger partial charge in [0.1, 0.15) is 0 Å². The number of H-pyrrole nitrogens is 1. The van der Waals surface area contributed by atoms with Crippen LogP contribution in [0.3, 0.4) is 0 Å². The summed E-state index contributed by atoms with van der Waals surface area (Å²) in [5, 5.41) is 3.44. The van der Waals surface area contributed by atoms with Crippen LogP contribution in [0.2, 0.25) is 0 Å². The summed E-state index contributed by atoms with van der Waals surface area (Å²) >= 11 is 0. The molecule has 3 N–H and O–H groups in total. The minimum Gasteiger partial charge on any atom is -0.334 e. The average molecular weight is 522 g/mol. The molecule has 1 aliphatic heterocycles. The van der Waals surface area contributed by atoms with E-state index in [1.807, 2.05) is 36.9 Å². The fourth-order valence-corrected chi connectivity index (χ4v) is 5.69. The van der Waals surface area contributed by atoms with Gasteiger partial charge in [0.2, 0.25) is 5.95 Å². The van der Waals surface area contributed by atoms with E-state index in [1.54, 1.807) is 24.3 Å². The van der Waals surface area contributed by atoms with Gasteiger partial charge < -0.3 is 10.2 Å². The zero-order chi connectivity index (χ0) is 26.5. The van der Waals surface area contributed by atoms with Crippen LogP contribution in [0.25, 0.3) is 11.3 Å². The van der Waals surface area contributed by atoms with Crippen LogP contribution in [0.5, 0.6) is 0 Å². The first-order valence-corrected chi connectivity index (χ1v) is 13.9. The van der Waals surface area contributed by atoms with Gasteiger partial charge in [0.05, 0.1) is 10.6 Å². The zero-order valence-corrected chi connectivity index (χ0v) is 22.7. The van der Waals surface area contributed by atoms with E-state index in [-0.39, 0.29) is 23.5 Å². The zero-order valence-electron chi connectivity index (χ0n) is 21.8. The summed E-state index contributed by atoms with van der Waals surface area (Å²) in [6, 6.07) is 14.3. The number of hydrogen-bond acceptors (Lipinski definition) is 5. The SMILES string of the molecule is Cc1cccc(C)c1-c1cc(=O)[nH]c(NS(=O)c2cccc(C(=O)N3CCCNCC3CC(C)C)c2)n1. The molecule has 2 unspecified atom stereocenters. The summed E-state index contributed by atoms with van der Waals surface area (Å²) in [4.78, 5) is 35.4. The van der Waals surface area contributed by atoms with Gasteiger partial charge >= 0.3 is 0 Å². The monoisotopic (exact) mass is 521 g/mol. The van der Waals surface area contributed by atoms with Crippen molar-refractivity contribution in [3.05, 3.63) is 75.6 Å². The lowest BCUT2D eigenvalue weighted by atomic mass is 10.00. The molecule has 1 saturated heterocycles. The van der Waals surface area contributed by atoms with Crippen molar-refractivity contribution in [2.45, 2.75) is 51.5 Å². The van der Waals surface area contributed by atoms with E-state index in [2.05, 4.69) is 33.9 Å². The summed E-state index contributed by atoms with van der Waals surface area (Å²) in [6.45, 7) is 10.6. The molecule has 3 aromatic rings. The minimum absolute atomic E-state index is 0.0586. The molecular weight excluding hydrogens is 486 g/mol. The number of carbonyl (C=O) groups is 1. The number of nitrogens with one attached hydrogen (secondary N) is 3. The number of anilines is 1. The Morgan fingerprint density at radius 1 is 1.16 bits per heavy atom. The van der Waals surface area contributed by atoms with Crippen molar-refractivity contribution in [3.8, 4) is 11.3 Å². The summed E-state index contributed by atoms with van der Waals surface area (Å²) in [7, 11) is -1.74. The van der Waals surface area contributed by atoms with E-state index >= 15 is 0 Å². The fourth-order valence-electron chi connectivity index (χ4n) is 4.87. The van der Waals surface area contributed by atoms with Gasteiger partial charge in [0.25, 0.3) is 11.5 Å². The number of nitrogens with zero attached hydrogens (tertiary/aromatic N) is 2. The first kappa shape index (κ1) is 26.8. The van der Waals surface area contributed by atoms with E-state index in [4.69, 9.17) is 0 Å². The normalized spacial score (nSPS) is 16.9. The smallest absolute Gasteiger partial charge is 0.254 e. The first-order chi connectivity index (χ1) is 17.7. The second kappa shape index (κ2) is 11.8. The highest BCUT2D eigenvalue weighted by Crippen LogP contribution is 2.25. The highest BCUT2D eigenvalue weighted by atomic mass is 32.2. The molecule has 0 bridgehead atoms. The Morgan fingerprint density at radius 3 is 2.62 bits per heavy atom. The Bertz CT molecular complexity index is 1330. The molecule has 0 saturated carbocycles. The largest absolute Gasteiger partial charge is 0.334 e. The molecule has 2 heterocycles. The van der Waals surface area contributed by atoms with Gasteiger partial charge in [-0.25, -0.2) is 9.19 Å². The predicted octanol–water partition coefficient (Wildman–Crippen LogP) is 4.04. The summed E-state index contributed by atoms with van der Waals surface area (Å²) in [5.41, 5.74) is 3.52. The number of aromatic nitrogens is 2. The van der Waals surface area contributed by atoms with Gasteiger partial charge in [-0.3, -0.25) is 19.3 Å². The van der Waals surface area contributed by atoms with Crippen molar-refractivity contribution in [1.82, 2.24) is 20.2 Å². The maximum atomic E-state index is 13.5. The van der Waals surface area contributed by atoms with Gasteiger partial charge in [0.15, 0.2) is 11.0 Å². The summed E-state index contributed by atoms with van der Waals surface area (Å²) < 4.78 is 16.0. The second-order valence-corrected chi connectivity index (χ2v) is 11.2. The Morgan fingerprint density at radius 2 is 1.89 bits per heavy atom. The van der Waals surface area contributed by atoms with Crippen molar-refractivity contribution < 1.29 is 9.00 Å². The van der Waals surface area contributed by atoms with Gasteiger partial charge in [-0.2, -0.15) is 0 Å². The number of amides is 1. The second-order valence-electron chi connectivity index (χ2n) is 9.98. The van der Waals surface area contributed by atoms with E-state index < -0.39 is 11.0 Å². The van der Waals surface area contributed by atoms with Gasteiger partial charge in [-0.05, 0) is 68.5 Å². The number of aryl methyl sites for hydroxylation is 2. The molecule has 0 radical (unpaired) electrons. The van der Waals surface area contributed by atoms with Gasteiger partial charge in [-0.1, -0.05) is 38.1 Å². The lowest BCUT2D eigenvalue weighted by Crippen LogP contribution is -2.44. The van der Waals surface area contributed by atoms with E-state index in [1.165, 1.54) is 6.07 Å². The van der Waals surface area contributed by atoms with Crippen LogP contribution >= 0.6 is 0 Å². The molecule has 37 heavy (non-hydrogen) atoms. The average Bonchev–Trinajstić information content (AvgIpc) is 3.08. The summed E-state index contributed by atoms with van der Waals surface area (Å²) in [6.07, 6.45) is 1.81. The third-order valence-corrected chi connectivity index (χ3v) is 7.60. The van der Waals surface area contributed by atoms with Crippen molar-refractivity contribution in [3.63, 3.8) is 0 Å². The fraction of sp³-hybridized carbons (Fsp3) is 0.393. The quantitative estimate of drug-likeness (QED) is 0.435. The van der Waals surface area contributed by atoms with Crippen LogP contribution in [0, 0.1) is 19.8 Å². The number of rotatable bonds is 7. The Kier molecular flexibility index (Phi) is 8.56. The molecule has 2 aromatic carbocycles. The molecule has 9 heteroatoms. The van der Waals surface area contributed by atoms with Crippen LogP contribution in [0.15, 0.2) is 58.2 Å². The molecule has 1 aromatic heterocycles. The lowest BCUT2D eigenvalue weighted by molar-refractivity contribution is 0.0673. The Balaban J connectivity index is 1.57. The van der Waals surface area contributed by atoms with Crippen molar-refractivity contribution in [2.75, 3.05) is 24.4 Å². The van der Waals surface area contributed by atoms with Crippen LogP contribution < -0.4 is 15.6 Å². The van der Waals surface area contributed by atoms with E-state index in [9.17, 15) is 13.8 Å². The van der Waals surface area contributed by atoms with E-state index in [0.29, 0.717) is 28.6 Å². The molecule has 4 rings (SSSR count). The third kappa shape index (κ3) is 6.53. The summed E-state index contributed by atoms with van der Waals surface area (Å²) in [5.74, 6) is 0.518. The lowest BCUT2D eigenvalue weighted by Gasteiger charge is -2.31. The Hall–Kier alpha value is -3.30. The minimum atomic E-state index is -1.74. The van der Waals surface area contributed by atoms with Crippen molar-refractivity contribution in [2.24, 2.45) is 5.92 Å². The number of aromatic amines is 1. The van der Waals surface area contributed by atoms with Crippen LogP contribution in [-0.2, 0) is 11.0 Å². The van der Waals surface area contributed by atoms with Gasteiger partial charge in [-0.15, -0.1) is 0 Å². The van der Waals surface area contributed by atoms with Crippen molar-refractivity contribution in [1.29, 1.82) is 0 Å². The first-order valence-electron chi connectivity index (χ1n) is 12.7. The van der Waals surface area contributed by atoms with Gasteiger partial charge in [0, 0.05) is 36.3 Å². The van der Waals surface area contributed by atoms with E-state index in [0.717, 1.165) is 42.6 Å². The maximum Gasteiger partial charge on any atom is 0.254 e. The highest BCUT2D eigenvalue weighted by molar-refractivity contribution is 7.86. The predicted molar refractivity (Wildman–Crippen MR) is 148 cm³/mol. The van der Waals surface area contributed by atoms with Crippen LogP contribution in [-0.4, -0.2) is 50.7 Å². The van der Waals surface area contributed by atoms with Crippen molar-refractivity contribution >= 4 is 22.8 Å². The van der Waals surface area contributed by atoms with Crippen LogP contribution in [0.1, 0.15) is 48.2 Å². The maximum absolute atomic E-state index is 13.5. The highest BCUT2D eigenvalue weighted by Gasteiger charge is 2.27. The topological polar surface area (TPSA) is 107 Å². The molecule has 1 fully saturated rings. The van der Waals surface area contributed by atoms with Crippen LogP contribution in [0.4, 0.5) is 5.95 Å². The number of hydrogen-bond donors (Lipinski definition) is 3.